The molecule has 1 atom stereocenters. The van der Waals surface area contributed by atoms with E-state index in [1.54, 1.807) is 19.4 Å². The van der Waals surface area contributed by atoms with Gasteiger partial charge in [0.1, 0.15) is 5.75 Å². The van der Waals surface area contributed by atoms with Crippen LogP contribution in [-0.2, 0) is 6.54 Å². The van der Waals surface area contributed by atoms with Crippen LogP contribution in [0.5, 0.6) is 5.75 Å². The molecule has 6 heteroatoms. The number of nitrogens with zero attached hydrogens (tertiary/aromatic N) is 2. The van der Waals surface area contributed by atoms with Gasteiger partial charge >= 0.3 is 6.03 Å². The molecule has 1 fully saturated rings. The summed E-state index contributed by atoms with van der Waals surface area (Å²) in [4.78, 5) is 18.3. The Labute approximate surface area is 146 Å². The summed E-state index contributed by atoms with van der Waals surface area (Å²) >= 11 is 5.81. The van der Waals surface area contributed by atoms with Gasteiger partial charge in [-0.3, -0.25) is 4.98 Å². The topological polar surface area (TPSA) is 54.5 Å². The van der Waals surface area contributed by atoms with Gasteiger partial charge in [-0.1, -0.05) is 23.7 Å². The normalized spacial score (nSPS) is 16.9. The van der Waals surface area contributed by atoms with Crippen LogP contribution >= 0.6 is 11.6 Å². The predicted molar refractivity (Wildman–Crippen MR) is 93.4 cm³/mol. The second-order valence-electron chi connectivity index (χ2n) is 5.83. The lowest BCUT2D eigenvalue weighted by Gasteiger charge is -2.17. The highest BCUT2D eigenvalue weighted by atomic mass is 35.5. The summed E-state index contributed by atoms with van der Waals surface area (Å²) in [7, 11) is 1.66. The molecule has 0 bridgehead atoms. The number of urea groups is 1. The number of hydrogen-bond acceptors (Lipinski definition) is 3. The van der Waals surface area contributed by atoms with Crippen molar-refractivity contribution >= 4 is 17.6 Å². The van der Waals surface area contributed by atoms with E-state index in [0.717, 1.165) is 31.0 Å². The fourth-order valence-electron chi connectivity index (χ4n) is 2.88. The van der Waals surface area contributed by atoms with Crippen LogP contribution in [-0.4, -0.2) is 36.1 Å². The van der Waals surface area contributed by atoms with Gasteiger partial charge in [0.05, 0.1) is 24.4 Å². The van der Waals surface area contributed by atoms with Crippen molar-refractivity contribution in [3.63, 3.8) is 0 Å². The van der Waals surface area contributed by atoms with E-state index < -0.39 is 0 Å². The van der Waals surface area contributed by atoms with Crippen molar-refractivity contribution in [2.45, 2.75) is 18.9 Å². The molecular formula is C18H20ClN3O2. The average molecular weight is 346 g/mol. The van der Waals surface area contributed by atoms with Crippen molar-refractivity contribution in [3.05, 3.63) is 58.9 Å². The third-order valence-corrected chi connectivity index (χ3v) is 4.50. The maximum Gasteiger partial charge on any atom is 0.317 e. The smallest absolute Gasteiger partial charge is 0.317 e. The molecule has 1 aromatic carbocycles. The zero-order chi connectivity index (χ0) is 16.9. The summed E-state index contributed by atoms with van der Waals surface area (Å²) in [5.74, 6) is 1.22. The number of carbonyl (C=O) groups excluding carboxylic acids is 1. The Balaban J connectivity index is 1.52. The van der Waals surface area contributed by atoms with Crippen LogP contribution in [0.1, 0.15) is 23.6 Å². The number of amides is 2. The van der Waals surface area contributed by atoms with Gasteiger partial charge in [-0.2, -0.15) is 0 Å². The molecule has 0 saturated carbocycles. The van der Waals surface area contributed by atoms with Gasteiger partial charge in [-0.05, 0) is 36.2 Å². The number of pyridine rings is 1. The van der Waals surface area contributed by atoms with Crippen LogP contribution in [0.3, 0.4) is 0 Å². The lowest BCUT2D eigenvalue weighted by Crippen LogP contribution is -2.38. The number of methoxy groups -OCH3 is 1. The summed E-state index contributed by atoms with van der Waals surface area (Å²) in [5, 5.41) is 3.50. The molecule has 0 radical (unpaired) electrons. The fourth-order valence-corrected chi connectivity index (χ4v) is 2.99. The van der Waals surface area contributed by atoms with E-state index in [4.69, 9.17) is 16.3 Å². The molecule has 2 aromatic rings. The highest BCUT2D eigenvalue weighted by Gasteiger charge is 2.27. The summed E-state index contributed by atoms with van der Waals surface area (Å²) in [5.41, 5.74) is 2.03. The molecule has 1 aliphatic heterocycles. The minimum atomic E-state index is -0.0530. The number of hydrogen-bond donors (Lipinski definition) is 1. The van der Waals surface area contributed by atoms with Crippen LogP contribution in [0.25, 0.3) is 0 Å². The first-order valence-electron chi connectivity index (χ1n) is 7.93. The van der Waals surface area contributed by atoms with E-state index in [9.17, 15) is 4.79 Å². The van der Waals surface area contributed by atoms with Crippen molar-refractivity contribution in [2.24, 2.45) is 0 Å². The summed E-state index contributed by atoms with van der Waals surface area (Å²) in [6.45, 7) is 1.89. The molecular weight excluding hydrogens is 326 g/mol. The highest BCUT2D eigenvalue weighted by molar-refractivity contribution is 6.30. The number of ether oxygens (including phenoxy) is 1. The minimum Gasteiger partial charge on any atom is -0.497 e. The van der Waals surface area contributed by atoms with Crippen LogP contribution in [0.4, 0.5) is 4.79 Å². The number of halogens is 1. The summed E-state index contributed by atoms with van der Waals surface area (Å²) < 4.78 is 5.18. The fraction of sp³-hybridized carbons (Fsp3) is 0.333. The third kappa shape index (κ3) is 3.97. The van der Waals surface area contributed by atoms with Crippen molar-refractivity contribution in [1.29, 1.82) is 0 Å². The summed E-state index contributed by atoms with van der Waals surface area (Å²) in [6, 6.07) is 11.6. The summed E-state index contributed by atoms with van der Waals surface area (Å²) in [6.07, 6.45) is 2.55. The Morgan fingerprint density at radius 2 is 2.12 bits per heavy atom. The largest absolute Gasteiger partial charge is 0.497 e. The van der Waals surface area contributed by atoms with Gasteiger partial charge in [0.2, 0.25) is 0 Å². The van der Waals surface area contributed by atoms with E-state index in [1.165, 1.54) is 5.56 Å². The lowest BCUT2D eigenvalue weighted by molar-refractivity contribution is 0.207. The quantitative estimate of drug-likeness (QED) is 0.923. The molecule has 1 aromatic heterocycles. The molecule has 0 aliphatic carbocycles. The Bertz CT molecular complexity index is 688. The Morgan fingerprint density at radius 3 is 2.79 bits per heavy atom. The van der Waals surface area contributed by atoms with Crippen molar-refractivity contribution in [2.75, 3.05) is 20.2 Å². The van der Waals surface area contributed by atoms with E-state index >= 15 is 0 Å². The molecule has 1 aliphatic rings. The molecule has 2 amide bonds. The monoisotopic (exact) mass is 345 g/mol. The van der Waals surface area contributed by atoms with Crippen molar-refractivity contribution in [1.82, 2.24) is 15.2 Å². The number of likely N-dealkylation sites (tertiary alicyclic amines) is 1. The minimum absolute atomic E-state index is 0.0530. The van der Waals surface area contributed by atoms with Crippen LogP contribution < -0.4 is 10.1 Å². The van der Waals surface area contributed by atoms with Crippen molar-refractivity contribution in [3.8, 4) is 5.75 Å². The maximum atomic E-state index is 12.3. The first-order chi connectivity index (χ1) is 11.7. The van der Waals surface area contributed by atoms with Crippen LogP contribution in [0.15, 0.2) is 42.6 Å². The maximum absolute atomic E-state index is 12.3. The molecule has 0 spiro atoms. The van der Waals surface area contributed by atoms with E-state index in [0.29, 0.717) is 17.5 Å². The lowest BCUT2D eigenvalue weighted by atomic mass is 9.98. The van der Waals surface area contributed by atoms with E-state index in [2.05, 4.69) is 22.4 Å². The van der Waals surface area contributed by atoms with Gasteiger partial charge in [0.15, 0.2) is 0 Å². The molecule has 1 saturated heterocycles. The number of rotatable bonds is 4. The van der Waals surface area contributed by atoms with Crippen molar-refractivity contribution < 1.29 is 9.53 Å². The van der Waals surface area contributed by atoms with Crippen LogP contribution in [0, 0.1) is 0 Å². The van der Waals surface area contributed by atoms with Gasteiger partial charge < -0.3 is 15.0 Å². The molecule has 5 nitrogen and oxygen atoms in total. The van der Waals surface area contributed by atoms with E-state index in [-0.39, 0.29) is 6.03 Å². The number of carbonyl (C=O) groups is 1. The highest BCUT2D eigenvalue weighted by Crippen LogP contribution is 2.28. The van der Waals surface area contributed by atoms with Crippen LogP contribution in [0.2, 0.25) is 5.02 Å². The zero-order valence-corrected chi connectivity index (χ0v) is 14.3. The molecule has 24 heavy (non-hydrogen) atoms. The molecule has 126 valence electrons. The standard InChI is InChI=1S/C18H20ClN3O2/c1-24-17-6-2-13(3-7-17)14-8-9-22(12-14)18(23)21-11-16-5-4-15(19)10-20-16/h2-7,10,14H,8-9,11-12H2,1H3,(H,21,23). The van der Waals surface area contributed by atoms with Gasteiger partial charge in [0.25, 0.3) is 0 Å². The number of benzene rings is 1. The first-order valence-corrected chi connectivity index (χ1v) is 8.30. The second kappa shape index (κ2) is 7.53. The Hall–Kier alpha value is -2.27. The molecule has 2 heterocycles. The SMILES string of the molecule is COc1ccc(C2CCN(C(=O)NCc3ccc(Cl)cn3)C2)cc1. The zero-order valence-electron chi connectivity index (χ0n) is 13.5. The molecule has 1 unspecified atom stereocenters. The Kier molecular flexibility index (Phi) is 5.20. The average Bonchev–Trinajstić information content (AvgIpc) is 3.11. The first kappa shape index (κ1) is 16.6. The number of nitrogens with one attached hydrogen (secondary N) is 1. The van der Waals surface area contributed by atoms with Gasteiger partial charge in [0, 0.05) is 25.2 Å². The van der Waals surface area contributed by atoms with Gasteiger partial charge in [-0.15, -0.1) is 0 Å². The molecule has 3 rings (SSSR count). The predicted octanol–water partition coefficient (Wildman–Crippen LogP) is 3.44. The van der Waals surface area contributed by atoms with E-state index in [1.807, 2.05) is 23.1 Å². The second-order valence-corrected chi connectivity index (χ2v) is 6.27. The molecule has 1 N–H and O–H groups in total. The van der Waals surface area contributed by atoms with Gasteiger partial charge in [-0.25, -0.2) is 4.79 Å². The Morgan fingerprint density at radius 1 is 1.33 bits per heavy atom. The third-order valence-electron chi connectivity index (χ3n) is 4.27. The number of aromatic nitrogens is 1.